The molecule has 0 unspecified atom stereocenters. The first kappa shape index (κ1) is 15.7. The SMILES string of the molecule is CC1CCC(C(=O)NC2(C(N)=S)CCN(C)CC2)CC1. The van der Waals surface area contributed by atoms with E-state index in [9.17, 15) is 4.79 Å². The maximum atomic E-state index is 12.5. The predicted molar refractivity (Wildman–Crippen MR) is 85.5 cm³/mol. The number of likely N-dealkylation sites (tertiary alicyclic amines) is 1. The summed E-state index contributed by atoms with van der Waals surface area (Å²) in [5, 5.41) is 3.21. The lowest BCUT2D eigenvalue weighted by atomic mass is 9.81. The van der Waals surface area contributed by atoms with Crippen LogP contribution < -0.4 is 11.1 Å². The van der Waals surface area contributed by atoms with E-state index in [-0.39, 0.29) is 11.8 Å². The van der Waals surface area contributed by atoms with Gasteiger partial charge in [-0.25, -0.2) is 0 Å². The highest BCUT2D eigenvalue weighted by molar-refractivity contribution is 7.80. The molecule has 1 saturated heterocycles. The van der Waals surface area contributed by atoms with Crippen LogP contribution in [0.25, 0.3) is 0 Å². The van der Waals surface area contributed by atoms with E-state index in [2.05, 4.69) is 24.2 Å². The van der Waals surface area contributed by atoms with Gasteiger partial charge in [-0.1, -0.05) is 19.1 Å². The molecule has 1 saturated carbocycles. The second-order valence-electron chi connectivity index (χ2n) is 6.70. The first-order valence-electron chi connectivity index (χ1n) is 7.73. The van der Waals surface area contributed by atoms with Gasteiger partial charge >= 0.3 is 0 Å². The standard InChI is InChI=1S/C15H27N3OS/c1-11-3-5-12(6-4-11)13(19)17-15(14(16)20)7-9-18(2)10-8-15/h11-12H,3-10H2,1-2H3,(H2,16,20)(H,17,19). The van der Waals surface area contributed by atoms with E-state index < -0.39 is 5.54 Å². The molecule has 1 aliphatic heterocycles. The van der Waals surface area contributed by atoms with E-state index in [1.807, 2.05) is 0 Å². The molecule has 2 rings (SSSR count). The molecule has 0 aromatic heterocycles. The lowest BCUT2D eigenvalue weighted by molar-refractivity contribution is -0.127. The van der Waals surface area contributed by atoms with Crippen LogP contribution in [0, 0.1) is 11.8 Å². The minimum absolute atomic E-state index is 0.150. The van der Waals surface area contributed by atoms with Gasteiger partial charge in [0.25, 0.3) is 0 Å². The summed E-state index contributed by atoms with van der Waals surface area (Å²) in [5.41, 5.74) is 5.49. The van der Waals surface area contributed by atoms with E-state index >= 15 is 0 Å². The maximum absolute atomic E-state index is 12.5. The molecule has 0 atom stereocenters. The molecule has 1 aliphatic carbocycles. The number of nitrogens with one attached hydrogen (secondary N) is 1. The van der Waals surface area contributed by atoms with Crippen LogP contribution in [0.3, 0.4) is 0 Å². The summed E-state index contributed by atoms with van der Waals surface area (Å²) in [5.74, 6) is 1.07. The average Bonchev–Trinajstić information content (AvgIpc) is 2.42. The fourth-order valence-corrected chi connectivity index (χ4v) is 3.55. The van der Waals surface area contributed by atoms with Gasteiger partial charge in [-0.15, -0.1) is 0 Å². The van der Waals surface area contributed by atoms with Gasteiger partial charge in [0.15, 0.2) is 0 Å². The van der Waals surface area contributed by atoms with Crippen molar-refractivity contribution in [3.8, 4) is 0 Å². The monoisotopic (exact) mass is 297 g/mol. The minimum Gasteiger partial charge on any atom is -0.391 e. The number of nitrogens with zero attached hydrogens (tertiary/aromatic N) is 1. The van der Waals surface area contributed by atoms with Crippen LogP contribution in [0.2, 0.25) is 0 Å². The van der Waals surface area contributed by atoms with Gasteiger partial charge in [-0.3, -0.25) is 4.79 Å². The summed E-state index contributed by atoms with van der Waals surface area (Å²) in [6, 6.07) is 0. The van der Waals surface area contributed by atoms with E-state index in [1.54, 1.807) is 0 Å². The van der Waals surface area contributed by atoms with E-state index in [0.29, 0.717) is 4.99 Å². The molecular weight excluding hydrogens is 270 g/mol. The Bertz CT molecular complexity index is 369. The third-order valence-electron chi connectivity index (χ3n) is 5.06. The summed E-state index contributed by atoms with van der Waals surface area (Å²) in [6.07, 6.45) is 5.96. The van der Waals surface area contributed by atoms with Gasteiger partial charge in [0.2, 0.25) is 5.91 Å². The number of rotatable bonds is 3. The van der Waals surface area contributed by atoms with Crippen LogP contribution in [0.5, 0.6) is 0 Å². The van der Waals surface area contributed by atoms with Crippen molar-refractivity contribution in [3.63, 3.8) is 0 Å². The minimum atomic E-state index is -0.456. The molecule has 2 fully saturated rings. The van der Waals surface area contributed by atoms with Crippen molar-refractivity contribution in [1.29, 1.82) is 0 Å². The fourth-order valence-electron chi connectivity index (χ4n) is 3.29. The van der Waals surface area contributed by atoms with Gasteiger partial charge in [-0.05, 0) is 51.5 Å². The zero-order valence-corrected chi connectivity index (χ0v) is 13.5. The van der Waals surface area contributed by atoms with Crippen LogP contribution in [0.1, 0.15) is 45.4 Å². The molecule has 0 spiro atoms. The van der Waals surface area contributed by atoms with Crippen molar-refractivity contribution in [2.24, 2.45) is 17.6 Å². The Morgan fingerprint density at radius 3 is 2.30 bits per heavy atom. The molecule has 114 valence electrons. The normalized spacial score (nSPS) is 30.7. The number of carbonyl (C=O) groups is 1. The number of carbonyl (C=O) groups excluding carboxylic acids is 1. The molecule has 3 N–H and O–H groups in total. The van der Waals surface area contributed by atoms with Crippen molar-refractivity contribution in [1.82, 2.24) is 10.2 Å². The molecule has 0 aromatic carbocycles. The topological polar surface area (TPSA) is 58.4 Å². The molecule has 0 aromatic rings. The molecule has 4 nitrogen and oxygen atoms in total. The van der Waals surface area contributed by atoms with Crippen molar-refractivity contribution >= 4 is 23.1 Å². The number of hydrogen-bond donors (Lipinski definition) is 2. The van der Waals surface area contributed by atoms with Crippen LogP contribution >= 0.6 is 12.2 Å². The molecule has 5 heteroatoms. The Morgan fingerprint density at radius 2 is 1.80 bits per heavy atom. The molecule has 1 heterocycles. The number of hydrogen-bond acceptors (Lipinski definition) is 3. The molecule has 2 aliphatic rings. The molecule has 0 radical (unpaired) electrons. The van der Waals surface area contributed by atoms with Gasteiger partial charge in [0.05, 0.1) is 10.5 Å². The zero-order valence-electron chi connectivity index (χ0n) is 12.7. The predicted octanol–water partition coefficient (Wildman–Crippen LogP) is 1.68. The van der Waals surface area contributed by atoms with Crippen LogP contribution in [-0.2, 0) is 4.79 Å². The van der Waals surface area contributed by atoms with Crippen LogP contribution in [-0.4, -0.2) is 41.5 Å². The van der Waals surface area contributed by atoms with E-state index in [4.69, 9.17) is 18.0 Å². The Balaban J connectivity index is 1.98. The van der Waals surface area contributed by atoms with Gasteiger partial charge < -0.3 is 16.0 Å². The van der Waals surface area contributed by atoms with Gasteiger partial charge in [-0.2, -0.15) is 0 Å². The van der Waals surface area contributed by atoms with Crippen LogP contribution in [0.15, 0.2) is 0 Å². The number of piperidine rings is 1. The highest BCUT2D eigenvalue weighted by Gasteiger charge is 2.39. The largest absolute Gasteiger partial charge is 0.391 e. The number of thiocarbonyl (C=S) groups is 1. The Labute approximate surface area is 127 Å². The van der Waals surface area contributed by atoms with Gasteiger partial charge in [0, 0.05) is 19.0 Å². The summed E-state index contributed by atoms with van der Waals surface area (Å²) in [6.45, 7) is 4.13. The first-order chi connectivity index (χ1) is 9.43. The second-order valence-corrected chi connectivity index (χ2v) is 7.14. The lowest BCUT2D eigenvalue weighted by Gasteiger charge is -2.41. The third kappa shape index (κ3) is 3.50. The smallest absolute Gasteiger partial charge is 0.223 e. The fraction of sp³-hybridized carbons (Fsp3) is 0.867. The number of amides is 1. The summed E-state index contributed by atoms with van der Waals surface area (Å²) >= 11 is 5.25. The summed E-state index contributed by atoms with van der Waals surface area (Å²) in [4.78, 5) is 15.2. The summed E-state index contributed by atoms with van der Waals surface area (Å²) < 4.78 is 0. The Hall–Kier alpha value is -0.680. The third-order valence-corrected chi connectivity index (χ3v) is 5.45. The maximum Gasteiger partial charge on any atom is 0.223 e. The highest BCUT2D eigenvalue weighted by atomic mass is 32.1. The lowest BCUT2D eigenvalue weighted by Crippen LogP contribution is -2.62. The Kier molecular flexibility index (Phi) is 5.02. The van der Waals surface area contributed by atoms with Crippen molar-refractivity contribution < 1.29 is 4.79 Å². The highest BCUT2D eigenvalue weighted by Crippen LogP contribution is 2.30. The van der Waals surface area contributed by atoms with Crippen molar-refractivity contribution in [2.75, 3.05) is 20.1 Å². The first-order valence-corrected chi connectivity index (χ1v) is 8.14. The van der Waals surface area contributed by atoms with E-state index in [0.717, 1.165) is 57.5 Å². The molecule has 20 heavy (non-hydrogen) atoms. The van der Waals surface area contributed by atoms with Crippen LogP contribution in [0.4, 0.5) is 0 Å². The zero-order chi connectivity index (χ0) is 14.8. The molecular formula is C15H27N3OS. The van der Waals surface area contributed by atoms with Crippen molar-refractivity contribution in [3.05, 3.63) is 0 Å². The molecule has 0 bridgehead atoms. The van der Waals surface area contributed by atoms with Crippen molar-refractivity contribution in [2.45, 2.75) is 51.0 Å². The quantitative estimate of drug-likeness (QED) is 0.778. The number of nitrogens with two attached hydrogens (primary N) is 1. The second kappa shape index (κ2) is 6.39. The summed E-state index contributed by atoms with van der Waals surface area (Å²) in [7, 11) is 2.09. The Morgan fingerprint density at radius 1 is 1.25 bits per heavy atom. The molecule has 1 amide bonds. The van der Waals surface area contributed by atoms with E-state index in [1.165, 1.54) is 0 Å². The van der Waals surface area contributed by atoms with Gasteiger partial charge in [0.1, 0.15) is 0 Å². The average molecular weight is 297 g/mol.